The maximum absolute atomic E-state index is 12.7. The number of carbonyl (C=O) groups is 3. The van der Waals surface area contributed by atoms with Gasteiger partial charge < -0.3 is 28.5 Å². The van der Waals surface area contributed by atoms with Crippen LogP contribution < -0.4 is 0 Å². The van der Waals surface area contributed by atoms with E-state index in [0.29, 0.717) is 23.9 Å². The van der Waals surface area contributed by atoms with Gasteiger partial charge in [-0.3, -0.25) is 9.59 Å². The van der Waals surface area contributed by atoms with E-state index in [9.17, 15) is 19.5 Å². The molecule has 0 saturated carbocycles. The van der Waals surface area contributed by atoms with Gasteiger partial charge in [0.25, 0.3) is 6.29 Å². The number of aliphatic carboxylic acids is 1. The maximum Gasteiger partial charge on any atom is 0.361 e. The second-order valence-corrected chi connectivity index (χ2v) is 16.0. The number of ether oxygens (including phenoxy) is 4. The predicted molar refractivity (Wildman–Crippen MR) is 230 cm³/mol. The molecule has 56 heavy (non-hydrogen) atoms. The van der Waals surface area contributed by atoms with Gasteiger partial charge in [0, 0.05) is 12.8 Å². The summed E-state index contributed by atoms with van der Waals surface area (Å²) in [6.07, 6.45) is 41.6. The Balaban J connectivity index is 4.49. The summed E-state index contributed by atoms with van der Waals surface area (Å²) in [5.41, 5.74) is 0. The molecule has 1 N–H and O–H groups in total. The molecule has 0 fully saturated rings. The highest BCUT2D eigenvalue weighted by Gasteiger charge is 2.25. The summed E-state index contributed by atoms with van der Waals surface area (Å²) in [6.45, 7) is 4.72. The topological polar surface area (TPSA) is 108 Å². The number of quaternary nitrogens is 1. The van der Waals surface area contributed by atoms with E-state index in [1.807, 2.05) is 21.1 Å². The molecule has 0 heterocycles. The molecule has 0 aromatic rings. The molecule has 0 bridgehead atoms. The molecule has 9 nitrogen and oxygen atoms in total. The largest absolute Gasteiger partial charge is 0.477 e. The van der Waals surface area contributed by atoms with Crippen LogP contribution in [0.5, 0.6) is 0 Å². The number of carboxylic acids is 1. The number of carbonyl (C=O) groups excluding carboxylic acids is 2. The molecule has 0 aromatic carbocycles. The van der Waals surface area contributed by atoms with Crippen LogP contribution in [0.25, 0.3) is 0 Å². The lowest BCUT2D eigenvalue weighted by Gasteiger charge is -2.25. The van der Waals surface area contributed by atoms with E-state index in [4.69, 9.17) is 18.9 Å². The highest BCUT2D eigenvalue weighted by molar-refractivity contribution is 5.71. The number of nitrogens with zero attached hydrogens (tertiary/aromatic N) is 1. The van der Waals surface area contributed by atoms with Crippen LogP contribution in [0.15, 0.2) is 48.6 Å². The van der Waals surface area contributed by atoms with Gasteiger partial charge in [-0.2, -0.15) is 0 Å². The Morgan fingerprint density at radius 2 is 1.02 bits per heavy atom. The summed E-state index contributed by atoms with van der Waals surface area (Å²) < 4.78 is 22.7. The van der Waals surface area contributed by atoms with E-state index in [1.54, 1.807) is 0 Å². The Bertz CT molecular complexity index is 1060. The molecule has 0 aromatic heterocycles. The highest BCUT2D eigenvalue weighted by atomic mass is 16.7. The number of carboxylic acid groups (broad SMARTS) is 1. The molecular formula is C47H84NO8+. The normalized spacial score (nSPS) is 13.4. The summed E-state index contributed by atoms with van der Waals surface area (Å²) >= 11 is 0. The lowest BCUT2D eigenvalue weighted by Crippen LogP contribution is -2.40. The van der Waals surface area contributed by atoms with E-state index < -0.39 is 24.3 Å². The Kier molecular flexibility index (Phi) is 37.2. The molecular weight excluding hydrogens is 707 g/mol. The van der Waals surface area contributed by atoms with Gasteiger partial charge in [0.05, 0.1) is 34.4 Å². The molecule has 9 heteroatoms. The van der Waals surface area contributed by atoms with Crippen molar-refractivity contribution in [2.75, 3.05) is 47.5 Å². The van der Waals surface area contributed by atoms with Gasteiger partial charge in [-0.15, -0.1) is 0 Å². The lowest BCUT2D eigenvalue weighted by molar-refractivity contribution is -0.870. The van der Waals surface area contributed by atoms with Crippen LogP contribution >= 0.6 is 0 Å². The Morgan fingerprint density at radius 3 is 1.52 bits per heavy atom. The Morgan fingerprint density at radius 1 is 0.554 bits per heavy atom. The summed E-state index contributed by atoms with van der Waals surface area (Å²) in [4.78, 5) is 37.1. The average Bonchev–Trinajstić information content (AvgIpc) is 3.15. The summed E-state index contributed by atoms with van der Waals surface area (Å²) in [6, 6.07) is 0. The van der Waals surface area contributed by atoms with Crippen LogP contribution in [0.4, 0.5) is 0 Å². The van der Waals surface area contributed by atoms with Gasteiger partial charge in [-0.1, -0.05) is 159 Å². The van der Waals surface area contributed by atoms with Crippen molar-refractivity contribution in [1.82, 2.24) is 0 Å². The van der Waals surface area contributed by atoms with Gasteiger partial charge in [0.2, 0.25) is 0 Å². The molecule has 2 unspecified atom stereocenters. The average molecular weight is 791 g/mol. The molecule has 324 valence electrons. The number of esters is 2. The molecule has 2 atom stereocenters. The van der Waals surface area contributed by atoms with Gasteiger partial charge in [0.1, 0.15) is 13.2 Å². The van der Waals surface area contributed by atoms with Crippen molar-refractivity contribution in [2.24, 2.45) is 0 Å². The van der Waals surface area contributed by atoms with Crippen molar-refractivity contribution in [1.29, 1.82) is 0 Å². The second kappa shape index (κ2) is 39.1. The number of rotatable bonds is 40. The number of hydrogen-bond acceptors (Lipinski definition) is 7. The van der Waals surface area contributed by atoms with Crippen molar-refractivity contribution in [3.8, 4) is 0 Å². The minimum Gasteiger partial charge on any atom is -0.477 e. The minimum atomic E-state index is -1.51. The summed E-state index contributed by atoms with van der Waals surface area (Å²) in [5, 5.41) is 9.63. The summed E-state index contributed by atoms with van der Waals surface area (Å²) in [5.74, 6) is -2.04. The van der Waals surface area contributed by atoms with Crippen molar-refractivity contribution in [3.05, 3.63) is 48.6 Å². The monoisotopic (exact) mass is 791 g/mol. The fourth-order valence-electron chi connectivity index (χ4n) is 5.88. The lowest BCUT2D eigenvalue weighted by atomic mass is 10.0. The van der Waals surface area contributed by atoms with Crippen LogP contribution in [-0.4, -0.2) is 87.4 Å². The van der Waals surface area contributed by atoms with Crippen molar-refractivity contribution in [2.45, 2.75) is 187 Å². The molecule has 0 rings (SSSR count). The predicted octanol–water partition coefficient (Wildman–Crippen LogP) is 11.6. The Hall–Kier alpha value is -2.75. The fraction of sp³-hybridized carbons (Fsp3) is 0.766. The molecule has 0 aliphatic heterocycles. The zero-order chi connectivity index (χ0) is 41.4. The highest BCUT2D eigenvalue weighted by Crippen LogP contribution is 2.14. The van der Waals surface area contributed by atoms with Gasteiger partial charge in [0.15, 0.2) is 6.10 Å². The van der Waals surface area contributed by atoms with Crippen molar-refractivity contribution < 1.29 is 42.9 Å². The van der Waals surface area contributed by atoms with Crippen LogP contribution in [0.1, 0.15) is 174 Å². The van der Waals surface area contributed by atoms with E-state index in [1.165, 1.54) is 70.6 Å². The number of allylic oxidation sites excluding steroid dienone is 8. The molecule has 0 radical (unpaired) electrons. The van der Waals surface area contributed by atoms with Crippen molar-refractivity contribution in [3.63, 3.8) is 0 Å². The third kappa shape index (κ3) is 39.5. The van der Waals surface area contributed by atoms with E-state index in [-0.39, 0.29) is 32.2 Å². The first-order valence-electron chi connectivity index (χ1n) is 22.3. The van der Waals surface area contributed by atoms with Gasteiger partial charge >= 0.3 is 17.9 Å². The van der Waals surface area contributed by atoms with E-state index in [2.05, 4.69) is 62.5 Å². The van der Waals surface area contributed by atoms with E-state index in [0.717, 1.165) is 70.6 Å². The first-order chi connectivity index (χ1) is 27.1. The van der Waals surface area contributed by atoms with Gasteiger partial charge in [-0.25, -0.2) is 4.79 Å². The SMILES string of the molecule is CC/C=C\C/C=C\C/C=C\C/C=C\CCCCCCC(=O)OC(COC(=O)CCCCCCCCCCCCCCCC)COC(OCC[N+](C)(C)C)C(=O)O. The number of likely N-dealkylation sites (N-methyl/N-ethyl adjacent to an activating group) is 1. The fourth-order valence-corrected chi connectivity index (χ4v) is 5.88. The summed E-state index contributed by atoms with van der Waals surface area (Å²) in [7, 11) is 5.94. The molecule has 0 aliphatic carbocycles. The van der Waals surface area contributed by atoms with Crippen LogP contribution in [-0.2, 0) is 33.3 Å². The third-order valence-electron chi connectivity index (χ3n) is 9.35. The van der Waals surface area contributed by atoms with Crippen molar-refractivity contribution >= 4 is 17.9 Å². The Labute approximate surface area is 342 Å². The molecule has 0 saturated heterocycles. The first kappa shape index (κ1) is 53.2. The smallest absolute Gasteiger partial charge is 0.361 e. The number of unbranched alkanes of at least 4 members (excludes halogenated alkanes) is 17. The zero-order valence-corrected chi connectivity index (χ0v) is 36.5. The third-order valence-corrected chi connectivity index (χ3v) is 9.35. The van der Waals surface area contributed by atoms with Gasteiger partial charge in [-0.05, 0) is 51.4 Å². The quantitative estimate of drug-likeness (QED) is 0.0215. The minimum absolute atomic E-state index is 0.182. The first-order valence-corrected chi connectivity index (χ1v) is 22.3. The standard InChI is InChI=1S/C47H83NO8/c1-6-8-10-12-14-16-18-20-22-23-24-26-28-30-32-34-36-38-45(50)56-43(42-55-47(46(51)52)53-40-39-48(3,4)5)41-54-44(49)37-35-33-31-29-27-25-21-19-17-15-13-11-9-7-2/h8,10,14,16,20,22,24,26,43,47H,6-7,9,11-13,15,17-19,21,23,25,27-42H2,1-5H3/p+1/b10-8-,16-14-,22-20-,26-24-. The maximum atomic E-state index is 12.7. The molecule has 0 spiro atoms. The van der Waals surface area contributed by atoms with Crippen LogP contribution in [0.3, 0.4) is 0 Å². The molecule has 0 amide bonds. The van der Waals surface area contributed by atoms with Crippen LogP contribution in [0, 0.1) is 0 Å². The van der Waals surface area contributed by atoms with Crippen LogP contribution in [0.2, 0.25) is 0 Å². The van der Waals surface area contributed by atoms with E-state index >= 15 is 0 Å². The number of hydrogen-bond donors (Lipinski definition) is 1. The molecule has 0 aliphatic rings. The zero-order valence-electron chi connectivity index (χ0n) is 36.5. The second-order valence-electron chi connectivity index (χ2n) is 16.0.